The zero-order chi connectivity index (χ0) is 20.8. The highest BCUT2D eigenvalue weighted by Crippen LogP contribution is 2.27. The van der Waals surface area contributed by atoms with Gasteiger partial charge in [-0.15, -0.1) is 0 Å². The minimum atomic E-state index is -0.720. The van der Waals surface area contributed by atoms with E-state index in [1.165, 1.54) is 51.1 Å². The lowest BCUT2D eigenvalue weighted by molar-refractivity contribution is -0.143. The third-order valence-electron chi connectivity index (χ3n) is 4.05. The van der Waals surface area contributed by atoms with Crippen molar-refractivity contribution >= 4 is 11.9 Å². The first-order valence-corrected chi connectivity index (χ1v) is 8.20. The lowest BCUT2D eigenvalue weighted by Gasteiger charge is -2.11. The summed E-state index contributed by atoms with van der Waals surface area (Å²) in [6.07, 6.45) is 0. The van der Waals surface area contributed by atoms with Crippen LogP contribution in [-0.2, 0) is 30.2 Å². The molecule has 150 valence electrons. The fourth-order valence-corrected chi connectivity index (χ4v) is 2.35. The molecule has 1 N–H and O–H groups in total. The summed E-state index contributed by atoms with van der Waals surface area (Å²) in [6.45, 7) is -0.654. The minimum Gasteiger partial charge on any atom is -0.493 e. The Morgan fingerprint density at radius 3 is 2.32 bits per heavy atom. The molecule has 0 spiro atoms. The second kappa shape index (κ2) is 8.89. The topological polar surface area (TPSA) is 118 Å². The number of ether oxygens (including phenoxy) is 3. The van der Waals surface area contributed by atoms with Crippen molar-refractivity contribution in [3.05, 3.63) is 56.4 Å². The number of carbonyl (C=O) groups is 2. The molecule has 0 bridgehead atoms. The molecule has 0 unspecified atom stereocenters. The normalized spacial score (nSPS) is 10.3. The fraction of sp³-hybridized carbons (Fsp3) is 0.333. The van der Waals surface area contributed by atoms with Crippen LogP contribution in [0, 0.1) is 0 Å². The number of rotatable bonds is 7. The van der Waals surface area contributed by atoms with Crippen molar-refractivity contribution in [2.45, 2.75) is 6.61 Å². The average molecular weight is 391 g/mol. The molecule has 0 saturated heterocycles. The Kier molecular flexibility index (Phi) is 6.59. The monoisotopic (exact) mass is 391 g/mol. The molecule has 1 amide bonds. The number of nitrogens with zero attached hydrogens (tertiary/aromatic N) is 2. The van der Waals surface area contributed by atoms with E-state index in [4.69, 9.17) is 14.2 Å². The lowest BCUT2D eigenvalue weighted by atomic mass is 10.2. The Morgan fingerprint density at radius 1 is 1.00 bits per heavy atom. The maximum absolute atomic E-state index is 12.2. The summed E-state index contributed by atoms with van der Waals surface area (Å²) in [6, 6.07) is 5.78. The predicted molar refractivity (Wildman–Crippen MR) is 98.6 cm³/mol. The van der Waals surface area contributed by atoms with Gasteiger partial charge >= 0.3 is 11.7 Å². The molecular formula is C18H21N3O7. The quantitative estimate of drug-likeness (QED) is 0.637. The highest BCUT2D eigenvalue weighted by atomic mass is 16.5. The number of carbonyl (C=O) groups excluding carboxylic acids is 2. The Balaban J connectivity index is 1.95. The number of hydrogen-bond acceptors (Lipinski definition) is 7. The van der Waals surface area contributed by atoms with Crippen molar-refractivity contribution in [2.75, 3.05) is 20.8 Å². The summed E-state index contributed by atoms with van der Waals surface area (Å²) >= 11 is 0. The molecule has 1 heterocycles. The van der Waals surface area contributed by atoms with E-state index in [1.807, 2.05) is 0 Å². The van der Waals surface area contributed by atoms with Gasteiger partial charge in [-0.1, -0.05) is 0 Å². The van der Waals surface area contributed by atoms with Crippen LogP contribution in [0.2, 0.25) is 0 Å². The van der Waals surface area contributed by atoms with Crippen molar-refractivity contribution in [1.82, 2.24) is 14.5 Å². The molecule has 10 nitrogen and oxygen atoms in total. The first-order valence-electron chi connectivity index (χ1n) is 8.20. The number of methoxy groups -OCH3 is 2. The van der Waals surface area contributed by atoms with Crippen molar-refractivity contribution in [2.24, 2.45) is 14.1 Å². The predicted octanol–water partition coefficient (Wildman–Crippen LogP) is -0.426. The maximum atomic E-state index is 12.2. The first kappa shape index (κ1) is 20.7. The van der Waals surface area contributed by atoms with Gasteiger partial charge in [-0.25, -0.2) is 4.79 Å². The van der Waals surface area contributed by atoms with E-state index in [9.17, 15) is 19.2 Å². The Bertz CT molecular complexity index is 1010. The van der Waals surface area contributed by atoms with Gasteiger partial charge < -0.3 is 19.5 Å². The summed E-state index contributed by atoms with van der Waals surface area (Å²) < 4.78 is 17.4. The lowest BCUT2D eigenvalue weighted by Crippen LogP contribution is -2.38. The van der Waals surface area contributed by atoms with Crippen LogP contribution in [0.1, 0.15) is 16.1 Å². The van der Waals surface area contributed by atoms with E-state index >= 15 is 0 Å². The molecule has 1 aromatic heterocycles. The van der Waals surface area contributed by atoms with Crippen molar-refractivity contribution in [3.8, 4) is 11.5 Å². The van der Waals surface area contributed by atoms with Gasteiger partial charge in [0.25, 0.3) is 11.5 Å². The van der Waals surface area contributed by atoms with Crippen LogP contribution in [-0.4, -0.2) is 41.8 Å². The summed E-state index contributed by atoms with van der Waals surface area (Å²) in [5, 5.41) is 2.43. The van der Waals surface area contributed by atoms with Crippen LogP contribution < -0.4 is 26.0 Å². The number of esters is 1. The van der Waals surface area contributed by atoms with E-state index in [0.29, 0.717) is 11.5 Å². The number of benzene rings is 1. The molecule has 0 fully saturated rings. The second-order valence-electron chi connectivity index (χ2n) is 5.79. The minimum absolute atomic E-state index is 0.243. The second-order valence-corrected chi connectivity index (χ2v) is 5.79. The molecule has 2 rings (SSSR count). The van der Waals surface area contributed by atoms with Gasteiger partial charge in [0, 0.05) is 25.7 Å². The molecule has 10 heteroatoms. The summed E-state index contributed by atoms with van der Waals surface area (Å²) in [5.74, 6) is -0.372. The van der Waals surface area contributed by atoms with E-state index in [-0.39, 0.29) is 24.4 Å². The third-order valence-corrected chi connectivity index (χ3v) is 4.05. The first-order chi connectivity index (χ1) is 13.3. The molecule has 2 aromatic rings. The number of nitrogens with one attached hydrogen (secondary N) is 1. The summed E-state index contributed by atoms with van der Waals surface area (Å²) in [7, 11) is 5.74. The van der Waals surface area contributed by atoms with Crippen molar-refractivity contribution in [1.29, 1.82) is 0 Å². The molecule has 28 heavy (non-hydrogen) atoms. The van der Waals surface area contributed by atoms with Crippen LogP contribution in [0.15, 0.2) is 33.9 Å². The highest BCUT2D eigenvalue weighted by Gasteiger charge is 2.13. The third kappa shape index (κ3) is 4.58. The van der Waals surface area contributed by atoms with Gasteiger partial charge in [-0.2, -0.15) is 0 Å². The van der Waals surface area contributed by atoms with E-state index < -0.39 is 23.1 Å². The molecule has 0 atom stereocenters. The van der Waals surface area contributed by atoms with Gasteiger partial charge in [0.1, 0.15) is 13.2 Å². The smallest absolute Gasteiger partial charge is 0.330 e. The number of hydrogen-bond donors (Lipinski definition) is 1. The van der Waals surface area contributed by atoms with Crippen LogP contribution >= 0.6 is 0 Å². The van der Waals surface area contributed by atoms with E-state index in [0.717, 1.165) is 4.57 Å². The number of amides is 1. The SMILES string of the molecule is COc1ccc(C(=O)NCC(=O)OCc2cc(=O)n(C)c(=O)n2C)cc1OC. The molecule has 0 aliphatic heterocycles. The molecule has 0 aliphatic rings. The van der Waals surface area contributed by atoms with Crippen LogP contribution in [0.5, 0.6) is 11.5 Å². The van der Waals surface area contributed by atoms with Gasteiger partial charge in [0.15, 0.2) is 11.5 Å². The van der Waals surface area contributed by atoms with Crippen molar-refractivity contribution < 1.29 is 23.8 Å². The largest absolute Gasteiger partial charge is 0.493 e. The van der Waals surface area contributed by atoms with Gasteiger partial charge in [-0.05, 0) is 18.2 Å². The fourth-order valence-electron chi connectivity index (χ4n) is 2.35. The molecular weight excluding hydrogens is 370 g/mol. The summed E-state index contributed by atoms with van der Waals surface area (Å²) in [4.78, 5) is 47.5. The van der Waals surface area contributed by atoms with Crippen LogP contribution in [0.3, 0.4) is 0 Å². The molecule has 0 aliphatic carbocycles. The molecule has 0 saturated carbocycles. The van der Waals surface area contributed by atoms with Gasteiger partial charge in [0.2, 0.25) is 0 Å². The van der Waals surface area contributed by atoms with Gasteiger partial charge in [0.05, 0.1) is 19.9 Å². The summed E-state index contributed by atoms with van der Waals surface area (Å²) in [5.41, 5.74) is -0.511. The van der Waals surface area contributed by atoms with Crippen LogP contribution in [0.4, 0.5) is 0 Å². The Labute approximate surface area is 160 Å². The average Bonchev–Trinajstić information content (AvgIpc) is 2.71. The van der Waals surface area contributed by atoms with E-state index in [1.54, 1.807) is 6.07 Å². The maximum Gasteiger partial charge on any atom is 0.330 e. The zero-order valence-electron chi connectivity index (χ0n) is 16.0. The van der Waals surface area contributed by atoms with Crippen LogP contribution in [0.25, 0.3) is 0 Å². The molecule has 0 radical (unpaired) electrons. The van der Waals surface area contributed by atoms with Gasteiger partial charge in [-0.3, -0.25) is 23.5 Å². The highest BCUT2D eigenvalue weighted by molar-refractivity contribution is 5.96. The Morgan fingerprint density at radius 2 is 1.68 bits per heavy atom. The molecule has 1 aromatic carbocycles. The standard InChI is InChI=1S/C18H21N3O7/c1-20-12(8-15(22)21(2)18(20)25)10-28-16(23)9-19-17(24)11-5-6-13(26-3)14(7-11)27-4/h5-8H,9-10H2,1-4H3,(H,19,24). The number of aromatic nitrogens is 2. The zero-order valence-corrected chi connectivity index (χ0v) is 16.0. The van der Waals surface area contributed by atoms with E-state index in [2.05, 4.69) is 5.32 Å². The Hall–Kier alpha value is -3.56. The van der Waals surface area contributed by atoms with Crippen molar-refractivity contribution in [3.63, 3.8) is 0 Å².